The molecule has 1 aliphatic heterocycles. The minimum atomic E-state index is -0.926. The van der Waals surface area contributed by atoms with E-state index in [-0.39, 0.29) is 21.9 Å². The second-order valence-corrected chi connectivity index (χ2v) is 8.33. The van der Waals surface area contributed by atoms with Crippen molar-refractivity contribution in [2.75, 3.05) is 4.90 Å². The van der Waals surface area contributed by atoms with Gasteiger partial charge in [-0.3, -0.25) is 14.5 Å². The number of Topliss-reactive ketones (excluding diaryl/α,β-unsaturated/α-hetero) is 1. The SMILES string of the molecule is Cc1ccc(C2/C(=C(/O)c3ccc(Cl)c(Cl)c3)C(=O)C(=O)N2c2ccc(C)c(C)c2)o1. The number of aryl methyl sites for hydroxylation is 3. The molecular formula is C24H19Cl2NO4. The number of nitrogens with zero attached hydrogens (tertiary/aromatic N) is 1. The Hall–Kier alpha value is -3.02. The largest absolute Gasteiger partial charge is 0.507 e. The van der Waals surface area contributed by atoms with Crippen molar-refractivity contribution in [2.45, 2.75) is 26.8 Å². The van der Waals surface area contributed by atoms with Crippen LogP contribution in [-0.4, -0.2) is 16.8 Å². The van der Waals surface area contributed by atoms with Gasteiger partial charge in [0.05, 0.1) is 15.6 Å². The van der Waals surface area contributed by atoms with Gasteiger partial charge in [0, 0.05) is 11.3 Å². The number of rotatable bonds is 3. The fraction of sp³-hybridized carbons (Fsp3) is 0.167. The summed E-state index contributed by atoms with van der Waals surface area (Å²) in [5, 5.41) is 11.6. The van der Waals surface area contributed by atoms with Crippen LogP contribution in [0.4, 0.5) is 5.69 Å². The van der Waals surface area contributed by atoms with Crippen molar-refractivity contribution < 1.29 is 19.1 Å². The summed E-state index contributed by atoms with van der Waals surface area (Å²) in [6.07, 6.45) is 0. The number of halogens is 2. The van der Waals surface area contributed by atoms with E-state index in [2.05, 4.69) is 0 Å². The number of furan rings is 1. The van der Waals surface area contributed by atoms with E-state index in [1.165, 1.54) is 23.1 Å². The number of hydrogen-bond donors (Lipinski definition) is 1. The Morgan fingerprint density at radius 2 is 1.68 bits per heavy atom. The maximum absolute atomic E-state index is 13.1. The van der Waals surface area contributed by atoms with Crippen molar-refractivity contribution in [3.05, 3.63) is 92.4 Å². The predicted molar refractivity (Wildman–Crippen MR) is 121 cm³/mol. The summed E-state index contributed by atoms with van der Waals surface area (Å²) in [5.74, 6) is -0.904. The molecule has 0 radical (unpaired) electrons. The van der Waals surface area contributed by atoms with Crippen LogP contribution in [0, 0.1) is 20.8 Å². The minimum absolute atomic E-state index is 0.0732. The third-order valence-corrected chi connectivity index (χ3v) is 6.18. The molecule has 1 fully saturated rings. The van der Waals surface area contributed by atoms with E-state index in [4.69, 9.17) is 27.6 Å². The van der Waals surface area contributed by atoms with Gasteiger partial charge in [-0.05, 0) is 74.4 Å². The zero-order valence-corrected chi connectivity index (χ0v) is 18.6. The first-order valence-electron chi connectivity index (χ1n) is 9.59. The van der Waals surface area contributed by atoms with Crippen molar-refractivity contribution in [1.82, 2.24) is 0 Å². The highest BCUT2D eigenvalue weighted by molar-refractivity contribution is 6.51. The molecule has 1 N–H and O–H groups in total. The number of anilines is 1. The van der Waals surface area contributed by atoms with Gasteiger partial charge in [-0.2, -0.15) is 0 Å². The lowest BCUT2D eigenvalue weighted by Crippen LogP contribution is -2.29. The fourth-order valence-corrected chi connectivity index (χ4v) is 3.94. The van der Waals surface area contributed by atoms with Gasteiger partial charge in [-0.15, -0.1) is 0 Å². The number of carbonyl (C=O) groups is 2. The van der Waals surface area contributed by atoms with Crippen molar-refractivity contribution in [2.24, 2.45) is 0 Å². The monoisotopic (exact) mass is 455 g/mol. The number of amides is 1. The lowest BCUT2D eigenvalue weighted by Gasteiger charge is -2.24. The Bertz CT molecular complexity index is 1260. The third-order valence-electron chi connectivity index (χ3n) is 5.44. The molecule has 5 nitrogen and oxygen atoms in total. The summed E-state index contributed by atoms with van der Waals surface area (Å²) in [6.45, 7) is 5.66. The van der Waals surface area contributed by atoms with Crippen LogP contribution in [0.5, 0.6) is 0 Å². The average molecular weight is 456 g/mol. The third kappa shape index (κ3) is 3.64. The van der Waals surface area contributed by atoms with E-state index in [1.54, 1.807) is 25.1 Å². The molecule has 0 saturated carbocycles. The summed E-state index contributed by atoms with van der Waals surface area (Å²) >= 11 is 12.1. The molecule has 4 rings (SSSR count). The molecule has 1 aliphatic rings. The molecule has 3 aromatic rings. The van der Waals surface area contributed by atoms with Crippen LogP contribution in [0.1, 0.15) is 34.3 Å². The Balaban J connectivity index is 1.95. The minimum Gasteiger partial charge on any atom is -0.507 e. The summed E-state index contributed by atoms with van der Waals surface area (Å²) in [6, 6.07) is 12.5. The Labute approximate surface area is 189 Å². The summed E-state index contributed by atoms with van der Waals surface area (Å²) < 4.78 is 5.79. The van der Waals surface area contributed by atoms with Crippen molar-refractivity contribution >= 4 is 46.3 Å². The highest BCUT2D eigenvalue weighted by Gasteiger charge is 2.48. The highest BCUT2D eigenvalue weighted by Crippen LogP contribution is 2.43. The van der Waals surface area contributed by atoms with Crippen LogP contribution < -0.4 is 4.90 Å². The second-order valence-electron chi connectivity index (χ2n) is 7.51. The molecule has 1 unspecified atom stereocenters. The quantitative estimate of drug-likeness (QED) is 0.292. The molecule has 2 aromatic carbocycles. The molecule has 1 saturated heterocycles. The van der Waals surface area contributed by atoms with Crippen LogP contribution in [0.25, 0.3) is 5.76 Å². The van der Waals surface area contributed by atoms with Crippen LogP contribution in [0.15, 0.2) is 58.5 Å². The standard InChI is InChI=1S/C24H19Cl2NO4/c1-12-4-7-16(10-13(12)2)27-21(19-9-5-14(3)31-19)20(23(29)24(27)30)22(28)15-6-8-17(25)18(26)11-15/h4-11,21,28H,1-3H3/b22-20-. The molecule has 1 aromatic heterocycles. The Morgan fingerprint density at radius 3 is 2.29 bits per heavy atom. The molecule has 31 heavy (non-hydrogen) atoms. The highest BCUT2D eigenvalue weighted by atomic mass is 35.5. The maximum atomic E-state index is 13.1. The van der Waals surface area contributed by atoms with Crippen LogP contribution in [0.3, 0.4) is 0 Å². The van der Waals surface area contributed by atoms with Crippen LogP contribution in [-0.2, 0) is 9.59 Å². The van der Waals surface area contributed by atoms with Crippen molar-refractivity contribution in [1.29, 1.82) is 0 Å². The smallest absolute Gasteiger partial charge is 0.300 e. The molecule has 1 amide bonds. The summed E-state index contributed by atoms with van der Waals surface area (Å²) in [7, 11) is 0. The molecule has 1 atom stereocenters. The van der Waals surface area contributed by atoms with E-state index in [0.717, 1.165) is 11.1 Å². The Morgan fingerprint density at radius 1 is 0.935 bits per heavy atom. The molecule has 0 spiro atoms. The molecule has 0 bridgehead atoms. The van der Waals surface area contributed by atoms with Gasteiger partial charge in [0.25, 0.3) is 11.7 Å². The first-order valence-corrected chi connectivity index (χ1v) is 10.3. The number of benzene rings is 2. The first kappa shape index (κ1) is 21.2. The first-order chi connectivity index (χ1) is 14.7. The van der Waals surface area contributed by atoms with Gasteiger partial charge in [0.15, 0.2) is 0 Å². The number of ketones is 1. The second kappa shape index (κ2) is 7.91. The van der Waals surface area contributed by atoms with E-state index < -0.39 is 17.7 Å². The zero-order valence-electron chi connectivity index (χ0n) is 17.1. The van der Waals surface area contributed by atoms with Gasteiger partial charge >= 0.3 is 0 Å². The maximum Gasteiger partial charge on any atom is 0.300 e. The lowest BCUT2D eigenvalue weighted by atomic mass is 9.99. The van der Waals surface area contributed by atoms with E-state index in [1.807, 2.05) is 26.0 Å². The topological polar surface area (TPSA) is 70.8 Å². The molecule has 2 heterocycles. The van der Waals surface area contributed by atoms with E-state index in [0.29, 0.717) is 22.2 Å². The van der Waals surface area contributed by atoms with Crippen LogP contribution >= 0.6 is 23.2 Å². The predicted octanol–water partition coefficient (Wildman–Crippen LogP) is 6.14. The van der Waals surface area contributed by atoms with E-state index >= 15 is 0 Å². The van der Waals surface area contributed by atoms with Gasteiger partial charge in [-0.1, -0.05) is 29.3 Å². The number of aliphatic hydroxyl groups excluding tert-OH is 1. The van der Waals surface area contributed by atoms with Gasteiger partial charge in [0.1, 0.15) is 23.3 Å². The van der Waals surface area contributed by atoms with Crippen LogP contribution in [0.2, 0.25) is 10.0 Å². The zero-order chi connectivity index (χ0) is 22.4. The molecule has 7 heteroatoms. The average Bonchev–Trinajstić information content (AvgIpc) is 3.27. The number of hydrogen-bond acceptors (Lipinski definition) is 4. The van der Waals surface area contributed by atoms with Gasteiger partial charge < -0.3 is 9.52 Å². The Kier molecular flexibility index (Phi) is 5.42. The number of carbonyl (C=O) groups excluding carboxylic acids is 2. The molecular weight excluding hydrogens is 437 g/mol. The normalized spacial score (nSPS) is 18.1. The van der Waals surface area contributed by atoms with Crippen molar-refractivity contribution in [3.63, 3.8) is 0 Å². The molecule has 0 aliphatic carbocycles. The fourth-order valence-electron chi connectivity index (χ4n) is 3.64. The van der Waals surface area contributed by atoms with Gasteiger partial charge in [-0.25, -0.2) is 0 Å². The lowest BCUT2D eigenvalue weighted by molar-refractivity contribution is -0.132. The van der Waals surface area contributed by atoms with Gasteiger partial charge in [0.2, 0.25) is 0 Å². The van der Waals surface area contributed by atoms with E-state index in [9.17, 15) is 14.7 Å². The summed E-state index contributed by atoms with van der Waals surface area (Å²) in [5.41, 5.74) is 2.77. The number of aliphatic hydroxyl groups is 1. The summed E-state index contributed by atoms with van der Waals surface area (Å²) in [4.78, 5) is 27.5. The molecule has 158 valence electrons. The van der Waals surface area contributed by atoms with Crippen molar-refractivity contribution in [3.8, 4) is 0 Å².